The van der Waals surface area contributed by atoms with Gasteiger partial charge in [0.25, 0.3) is 0 Å². The quantitative estimate of drug-likeness (QED) is 0.673. The number of hydrogen-bond donors (Lipinski definition) is 2. The second-order valence-corrected chi connectivity index (χ2v) is 12.6. The number of benzene rings is 1. The fourth-order valence-corrected chi connectivity index (χ4v) is 6.65. The Morgan fingerprint density at radius 1 is 1.19 bits per heavy atom. The van der Waals surface area contributed by atoms with Crippen molar-refractivity contribution in [2.75, 3.05) is 29.9 Å². The lowest BCUT2D eigenvalue weighted by molar-refractivity contribution is 0.143. The van der Waals surface area contributed by atoms with Gasteiger partial charge in [-0.1, -0.05) is 23.7 Å². The van der Waals surface area contributed by atoms with Gasteiger partial charge in [0.15, 0.2) is 0 Å². The van der Waals surface area contributed by atoms with E-state index in [0.717, 1.165) is 60.8 Å². The number of nitrogens with one attached hydrogen (secondary N) is 1. The van der Waals surface area contributed by atoms with Gasteiger partial charge >= 0.3 is 0 Å². The first-order valence-electron chi connectivity index (χ1n) is 11.5. The van der Waals surface area contributed by atoms with E-state index < -0.39 is 10.8 Å². The summed E-state index contributed by atoms with van der Waals surface area (Å²) in [5.41, 5.74) is 1.86. The Hall–Kier alpha value is -1.70. The van der Waals surface area contributed by atoms with Crippen molar-refractivity contribution in [2.45, 2.75) is 73.5 Å². The number of halogens is 1. The summed E-state index contributed by atoms with van der Waals surface area (Å²) in [5, 5.41) is 14.3. The first kappa shape index (κ1) is 22.1. The Balaban J connectivity index is 1.41. The number of fused-ring (bicyclic) bond motifs is 1. The summed E-state index contributed by atoms with van der Waals surface area (Å²) in [7, 11) is -1.18. The summed E-state index contributed by atoms with van der Waals surface area (Å²) in [6.45, 7) is 5.87. The van der Waals surface area contributed by atoms with Gasteiger partial charge in [-0.05, 0) is 69.6 Å². The van der Waals surface area contributed by atoms with Crippen molar-refractivity contribution in [2.24, 2.45) is 0 Å². The van der Waals surface area contributed by atoms with Gasteiger partial charge in [-0.2, -0.15) is 4.98 Å². The van der Waals surface area contributed by atoms with E-state index in [2.05, 4.69) is 22.3 Å². The van der Waals surface area contributed by atoms with Crippen LogP contribution >= 0.6 is 11.6 Å². The smallest absolute Gasteiger partial charge is 0.227 e. The normalized spacial score (nSPS) is 24.1. The Kier molecular flexibility index (Phi) is 5.71. The van der Waals surface area contributed by atoms with Crippen LogP contribution in [0.2, 0.25) is 5.02 Å². The zero-order valence-corrected chi connectivity index (χ0v) is 20.3. The van der Waals surface area contributed by atoms with E-state index in [1.54, 1.807) is 0 Å². The van der Waals surface area contributed by atoms with Crippen LogP contribution in [0.25, 0.3) is 0 Å². The Labute approximate surface area is 197 Å². The van der Waals surface area contributed by atoms with Crippen LogP contribution in [0.1, 0.15) is 63.1 Å². The second-order valence-electron chi connectivity index (χ2n) is 10.1. The number of piperidine rings is 1. The SMILES string of the molecule is CC1(C)Cc2nc(N3CCC(c4ccc(Cl)cc4)CC3)nc(NC3(CO)CCC3)c2[S@@]1=O. The minimum absolute atomic E-state index is 0.0592. The highest BCUT2D eigenvalue weighted by Crippen LogP contribution is 2.43. The number of aliphatic hydroxyl groups is 1. The maximum absolute atomic E-state index is 13.2. The summed E-state index contributed by atoms with van der Waals surface area (Å²) in [6.07, 6.45) is 5.62. The monoisotopic (exact) mass is 474 g/mol. The first-order valence-corrected chi connectivity index (χ1v) is 13.1. The van der Waals surface area contributed by atoms with Crippen molar-refractivity contribution in [3.63, 3.8) is 0 Å². The van der Waals surface area contributed by atoms with Crippen molar-refractivity contribution >= 4 is 34.2 Å². The van der Waals surface area contributed by atoms with Gasteiger partial charge in [0.1, 0.15) is 10.7 Å². The van der Waals surface area contributed by atoms with Crippen LogP contribution in [0.4, 0.5) is 11.8 Å². The van der Waals surface area contributed by atoms with E-state index in [1.165, 1.54) is 5.56 Å². The zero-order valence-electron chi connectivity index (χ0n) is 18.7. The summed E-state index contributed by atoms with van der Waals surface area (Å²) < 4.78 is 12.9. The van der Waals surface area contributed by atoms with Crippen LogP contribution < -0.4 is 10.2 Å². The molecule has 3 heterocycles. The molecule has 172 valence electrons. The van der Waals surface area contributed by atoms with Crippen LogP contribution in [0.5, 0.6) is 0 Å². The number of hydrogen-bond acceptors (Lipinski definition) is 6. The minimum Gasteiger partial charge on any atom is -0.394 e. The molecular weight excluding hydrogens is 444 g/mol. The maximum Gasteiger partial charge on any atom is 0.227 e. The molecule has 0 radical (unpaired) electrons. The molecule has 1 aliphatic carbocycles. The summed E-state index contributed by atoms with van der Waals surface area (Å²) in [4.78, 5) is 12.8. The van der Waals surface area contributed by atoms with Crippen molar-refractivity contribution < 1.29 is 9.32 Å². The lowest BCUT2D eigenvalue weighted by atomic mass is 9.77. The van der Waals surface area contributed by atoms with E-state index in [-0.39, 0.29) is 16.9 Å². The fraction of sp³-hybridized carbons (Fsp3) is 0.583. The Morgan fingerprint density at radius 3 is 2.47 bits per heavy atom. The third kappa shape index (κ3) is 3.93. The molecule has 2 N–H and O–H groups in total. The lowest BCUT2D eigenvalue weighted by Gasteiger charge is -2.42. The van der Waals surface area contributed by atoms with Gasteiger partial charge in [0.05, 0.1) is 33.4 Å². The predicted molar refractivity (Wildman–Crippen MR) is 129 cm³/mol. The molecule has 1 saturated carbocycles. The Morgan fingerprint density at radius 2 is 1.88 bits per heavy atom. The largest absolute Gasteiger partial charge is 0.394 e. The van der Waals surface area contributed by atoms with Crippen molar-refractivity contribution in [3.8, 4) is 0 Å². The predicted octanol–water partition coefficient (Wildman–Crippen LogP) is 4.28. The van der Waals surface area contributed by atoms with E-state index in [4.69, 9.17) is 21.6 Å². The third-order valence-electron chi connectivity index (χ3n) is 7.32. The molecule has 0 amide bonds. The summed E-state index contributed by atoms with van der Waals surface area (Å²) in [5.74, 6) is 1.88. The highest BCUT2D eigenvalue weighted by molar-refractivity contribution is 7.87. The zero-order chi connectivity index (χ0) is 22.5. The van der Waals surface area contributed by atoms with E-state index in [9.17, 15) is 9.32 Å². The molecule has 1 aromatic carbocycles. The molecule has 0 bridgehead atoms. The number of aliphatic hydroxyl groups excluding tert-OH is 1. The molecule has 2 aromatic rings. The van der Waals surface area contributed by atoms with Gasteiger partial charge < -0.3 is 15.3 Å². The van der Waals surface area contributed by atoms with Crippen molar-refractivity contribution in [3.05, 3.63) is 40.5 Å². The van der Waals surface area contributed by atoms with E-state index in [0.29, 0.717) is 24.1 Å². The van der Waals surface area contributed by atoms with Crippen molar-refractivity contribution in [1.29, 1.82) is 0 Å². The molecule has 2 fully saturated rings. The number of nitrogens with zero attached hydrogens (tertiary/aromatic N) is 3. The maximum atomic E-state index is 13.2. The highest BCUT2D eigenvalue weighted by atomic mass is 35.5. The second kappa shape index (κ2) is 8.26. The molecule has 5 rings (SSSR count). The lowest BCUT2D eigenvalue weighted by Crippen LogP contribution is -2.49. The van der Waals surface area contributed by atoms with Crippen LogP contribution in [-0.2, 0) is 17.2 Å². The Bertz CT molecular complexity index is 1030. The molecular formula is C24H31ClN4O2S. The minimum atomic E-state index is -1.18. The summed E-state index contributed by atoms with van der Waals surface area (Å²) in [6, 6.07) is 8.18. The third-order valence-corrected chi connectivity index (χ3v) is 9.52. The van der Waals surface area contributed by atoms with Gasteiger partial charge in [0.2, 0.25) is 5.95 Å². The number of aromatic nitrogens is 2. The van der Waals surface area contributed by atoms with Crippen LogP contribution in [-0.4, -0.2) is 49.3 Å². The van der Waals surface area contributed by atoms with Crippen LogP contribution in [0, 0.1) is 0 Å². The molecule has 0 unspecified atom stereocenters. The molecule has 1 atom stereocenters. The van der Waals surface area contributed by atoms with Crippen molar-refractivity contribution in [1.82, 2.24) is 9.97 Å². The van der Waals surface area contributed by atoms with Crippen LogP contribution in [0.3, 0.4) is 0 Å². The average molecular weight is 475 g/mol. The summed E-state index contributed by atoms with van der Waals surface area (Å²) >= 11 is 6.05. The molecule has 6 nitrogen and oxygen atoms in total. The molecule has 2 aliphatic heterocycles. The van der Waals surface area contributed by atoms with Gasteiger partial charge in [-0.3, -0.25) is 4.21 Å². The van der Waals surface area contributed by atoms with Gasteiger partial charge in [-0.15, -0.1) is 0 Å². The fourth-order valence-electron chi connectivity index (χ4n) is 5.09. The number of rotatable bonds is 5. The highest BCUT2D eigenvalue weighted by Gasteiger charge is 2.44. The molecule has 1 saturated heterocycles. The van der Waals surface area contributed by atoms with Gasteiger partial charge in [0, 0.05) is 24.5 Å². The average Bonchev–Trinajstić information content (AvgIpc) is 2.99. The molecule has 32 heavy (non-hydrogen) atoms. The molecule has 1 aromatic heterocycles. The molecule has 8 heteroatoms. The molecule has 0 spiro atoms. The first-order chi connectivity index (χ1) is 15.3. The number of anilines is 2. The molecule has 3 aliphatic rings. The van der Waals surface area contributed by atoms with Crippen LogP contribution in [0.15, 0.2) is 29.2 Å². The topological polar surface area (TPSA) is 78.3 Å². The van der Waals surface area contributed by atoms with E-state index >= 15 is 0 Å². The standard InChI is InChI=1S/C24H31ClN4O2S/c1-23(2)14-19-20(32(23)31)21(28-24(15-30)10-3-11-24)27-22(26-19)29-12-8-17(9-13-29)16-4-6-18(25)7-5-16/h4-7,17,30H,3,8-15H2,1-2H3,(H,26,27,28)/t32-/m0/s1. The van der Waals surface area contributed by atoms with Gasteiger partial charge in [-0.25, -0.2) is 4.98 Å². The van der Waals surface area contributed by atoms with E-state index in [1.807, 2.05) is 26.0 Å².